The summed E-state index contributed by atoms with van der Waals surface area (Å²) in [5.41, 5.74) is 0. The highest BCUT2D eigenvalue weighted by Gasteiger charge is 2.04. The Kier molecular flexibility index (Phi) is 6.13. The van der Waals surface area contributed by atoms with E-state index < -0.39 is 0 Å². The maximum Gasteiger partial charge on any atom is 0.228 e. The molecule has 7 nitrogen and oxygen atoms in total. The van der Waals surface area contributed by atoms with Crippen LogP contribution in [0.2, 0.25) is 5.28 Å². The van der Waals surface area contributed by atoms with Crippen LogP contribution in [0.4, 0.5) is 11.9 Å². The van der Waals surface area contributed by atoms with E-state index in [2.05, 4.69) is 30.9 Å². The van der Waals surface area contributed by atoms with E-state index in [1.165, 1.54) is 0 Å². The molecule has 1 rings (SSSR count). The molecule has 0 aromatic carbocycles. The number of rotatable bonds is 7. The Labute approximate surface area is 111 Å². The number of halogens is 1. The van der Waals surface area contributed by atoms with Gasteiger partial charge in [-0.05, 0) is 18.0 Å². The van der Waals surface area contributed by atoms with Gasteiger partial charge in [-0.1, -0.05) is 6.92 Å². The summed E-state index contributed by atoms with van der Waals surface area (Å²) in [7, 11) is 1.69. The van der Waals surface area contributed by atoms with Crippen LogP contribution in [0.1, 0.15) is 19.8 Å². The van der Waals surface area contributed by atoms with Crippen molar-refractivity contribution in [1.29, 1.82) is 0 Å². The normalized spacial score (nSPS) is 9.94. The molecule has 0 radical (unpaired) electrons. The van der Waals surface area contributed by atoms with Crippen molar-refractivity contribution < 1.29 is 4.79 Å². The maximum atomic E-state index is 11.3. The van der Waals surface area contributed by atoms with Gasteiger partial charge in [0.1, 0.15) is 0 Å². The molecule has 1 aromatic heterocycles. The second-order valence-corrected chi connectivity index (χ2v) is 3.87. The number of hydrogen-bond acceptors (Lipinski definition) is 6. The van der Waals surface area contributed by atoms with Gasteiger partial charge in [0.2, 0.25) is 23.1 Å². The summed E-state index contributed by atoms with van der Waals surface area (Å²) >= 11 is 5.72. The van der Waals surface area contributed by atoms with Gasteiger partial charge in [-0.3, -0.25) is 4.79 Å². The molecular weight excluding hydrogens is 256 g/mol. The zero-order valence-corrected chi connectivity index (χ0v) is 11.2. The van der Waals surface area contributed by atoms with Crippen LogP contribution >= 0.6 is 11.6 Å². The minimum absolute atomic E-state index is 0.00153. The van der Waals surface area contributed by atoms with Crippen LogP contribution < -0.4 is 16.0 Å². The molecule has 0 bridgehead atoms. The van der Waals surface area contributed by atoms with E-state index in [-0.39, 0.29) is 11.2 Å². The summed E-state index contributed by atoms with van der Waals surface area (Å²) in [5, 5.41) is 8.58. The average molecular weight is 273 g/mol. The lowest BCUT2D eigenvalue weighted by atomic mass is 10.4. The lowest BCUT2D eigenvalue weighted by Gasteiger charge is -2.06. The number of nitrogens with one attached hydrogen (secondary N) is 3. The monoisotopic (exact) mass is 272 g/mol. The lowest BCUT2D eigenvalue weighted by molar-refractivity contribution is -0.120. The largest absolute Gasteiger partial charge is 0.357 e. The highest BCUT2D eigenvalue weighted by atomic mass is 35.5. The summed E-state index contributed by atoms with van der Waals surface area (Å²) in [6, 6.07) is 0. The Morgan fingerprint density at radius 3 is 2.61 bits per heavy atom. The van der Waals surface area contributed by atoms with E-state index in [0.29, 0.717) is 31.4 Å². The van der Waals surface area contributed by atoms with E-state index in [9.17, 15) is 4.79 Å². The zero-order valence-electron chi connectivity index (χ0n) is 10.5. The Hall–Kier alpha value is -1.63. The van der Waals surface area contributed by atoms with Crippen LogP contribution in [-0.4, -0.2) is 41.0 Å². The summed E-state index contributed by atoms with van der Waals surface area (Å²) in [4.78, 5) is 23.1. The van der Waals surface area contributed by atoms with Gasteiger partial charge in [0.25, 0.3) is 0 Å². The van der Waals surface area contributed by atoms with E-state index in [1.54, 1.807) is 7.05 Å². The first-order valence-corrected chi connectivity index (χ1v) is 6.13. The van der Waals surface area contributed by atoms with Crippen molar-refractivity contribution in [2.45, 2.75) is 19.8 Å². The van der Waals surface area contributed by atoms with Crippen LogP contribution in [0.3, 0.4) is 0 Å². The number of nitrogens with zero attached hydrogens (tertiary/aromatic N) is 3. The number of amides is 1. The maximum absolute atomic E-state index is 11.3. The summed E-state index contributed by atoms with van der Waals surface area (Å²) in [5.74, 6) is 0.730. The first-order chi connectivity index (χ1) is 8.65. The molecule has 0 aliphatic rings. The predicted octanol–water partition coefficient (Wildman–Crippen LogP) is 0.895. The second-order valence-electron chi connectivity index (χ2n) is 3.53. The van der Waals surface area contributed by atoms with Crippen LogP contribution in [0.5, 0.6) is 0 Å². The molecule has 1 amide bonds. The second kappa shape index (κ2) is 7.65. The SMILES string of the molecule is CCCNC(=O)CCNc1nc(Cl)nc(NC)n1. The highest BCUT2D eigenvalue weighted by Crippen LogP contribution is 2.08. The number of aromatic nitrogens is 3. The fourth-order valence-corrected chi connectivity index (χ4v) is 1.34. The van der Waals surface area contributed by atoms with Gasteiger partial charge in [-0.25, -0.2) is 0 Å². The molecule has 0 spiro atoms. The molecule has 0 aliphatic carbocycles. The third kappa shape index (κ3) is 5.13. The topological polar surface area (TPSA) is 91.8 Å². The van der Waals surface area contributed by atoms with Gasteiger partial charge < -0.3 is 16.0 Å². The Morgan fingerprint density at radius 2 is 1.94 bits per heavy atom. The molecule has 18 heavy (non-hydrogen) atoms. The van der Waals surface area contributed by atoms with Gasteiger partial charge in [0.15, 0.2) is 0 Å². The van der Waals surface area contributed by atoms with E-state index in [0.717, 1.165) is 6.42 Å². The van der Waals surface area contributed by atoms with Crippen LogP contribution in [0, 0.1) is 0 Å². The number of anilines is 2. The van der Waals surface area contributed by atoms with Crippen LogP contribution in [0.25, 0.3) is 0 Å². The fraction of sp³-hybridized carbons (Fsp3) is 0.600. The molecule has 1 heterocycles. The van der Waals surface area contributed by atoms with E-state index >= 15 is 0 Å². The summed E-state index contributed by atoms with van der Waals surface area (Å²) in [6.07, 6.45) is 1.28. The van der Waals surface area contributed by atoms with Crippen molar-refractivity contribution in [3.05, 3.63) is 5.28 Å². The molecule has 0 saturated heterocycles. The van der Waals surface area contributed by atoms with Crippen LogP contribution in [0.15, 0.2) is 0 Å². The van der Waals surface area contributed by atoms with Gasteiger partial charge >= 0.3 is 0 Å². The molecule has 100 valence electrons. The number of hydrogen-bond donors (Lipinski definition) is 3. The molecule has 0 fully saturated rings. The first kappa shape index (κ1) is 14.4. The molecular formula is C10H17ClN6O. The first-order valence-electron chi connectivity index (χ1n) is 5.75. The third-order valence-corrected chi connectivity index (χ3v) is 2.21. The van der Waals surface area contributed by atoms with Gasteiger partial charge in [-0.15, -0.1) is 0 Å². The molecule has 0 saturated carbocycles. The summed E-state index contributed by atoms with van der Waals surface area (Å²) < 4.78 is 0. The van der Waals surface area contributed by atoms with Crippen molar-refractivity contribution in [3.63, 3.8) is 0 Å². The minimum Gasteiger partial charge on any atom is -0.357 e. The molecule has 1 aromatic rings. The quantitative estimate of drug-likeness (QED) is 0.683. The van der Waals surface area contributed by atoms with Crippen molar-refractivity contribution in [2.24, 2.45) is 0 Å². The predicted molar refractivity (Wildman–Crippen MR) is 70.8 cm³/mol. The van der Waals surface area contributed by atoms with Gasteiger partial charge in [0, 0.05) is 26.6 Å². The van der Waals surface area contributed by atoms with Crippen molar-refractivity contribution in [3.8, 4) is 0 Å². The van der Waals surface area contributed by atoms with Crippen LogP contribution in [-0.2, 0) is 4.79 Å². The molecule has 0 atom stereocenters. The number of carbonyl (C=O) groups is 1. The van der Waals surface area contributed by atoms with Crippen molar-refractivity contribution in [2.75, 3.05) is 30.8 Å². The van der Waals surface area contributed by atoms with Crippen molar-refractivity contribution >= 4 is 29.4 Å². The van der Waals surface area contributed by atoms with Gasteiger partial charge in [0.05, 0.1) is 0 Å². The summed E-state index contributed by atoms with van der Waals surface area (Å²) in [6.45, 7) is 3.14. The van der Waals surface area contributed by atoms with E-state index in [4.69, 9.17) is 11.6 Å². The Bertz CT molecular complexity index is 400. The Morgan fingerprint density at radius 1 is 1.22 bits per heavy atom. The zero-order chi connectivity index (χ0) is 13.4. The molecule has 8 heteroatoms. The lowest BCUT2D eigenvalue weighted by Crippen LogP contribution is -2.26. The molecule has 3 N–H and O–H groups in total. The standard InChI is InChI=1S/C10H17ClN6O/c1-3-5-13-7(18)4-6-14-10-16-8(11)15-9(12-2)17-10/h3-6H2,1-2H3,(H,13,18)(H2,12,14,15,16,17). The molecule has 0 aliphatic heterocycles. The third-order valence-electron chi connectivity index (χ3n) is 2.04. The minimum atomic E-state index is -0.00153. The van der Waals surface area contributed by atoms with Gasteiger partial charge in [-0.2, -0.15) is 15.0 Å². The molecule has 0 unspecified atom stereocenters. The fourth-order valence-electron chi connectivity index (χ4n) is 1.18. The van der Waals surface area contributed by atoms with Crippen molar-refractivity contribution in [1.82, 2.24) is 20.3 Å². The Balaban J connectivity index is 2.39. The number of carbonyl (C=O) groups excluding carboxylic acids is 1. The highest BCUT2D eigenvalue weighted by molar-refractivity contribution is 6.28. The smallest absolute Gasteiger partial charge is 0.228 e. The van der Waals surface area contributed by atoms with E-state index in [1.807, 2.05) is 6.92 Å². The average Bonchev–Trinajstić information content (AvgIpc) is 2.35.